The standard InChI is InChI=1S/C12H26N4/c1-5-16-8-6-10(7-9-16)14-11(13)15-12(2,3)4/h10H,5-9H2,1-4H3,(H3,13,14,15). The van der Waals surface area contributed by atoms with Gasteiger partial charge in [0, 0.05) is 18.6 Å². The molecular formula is C12H26N4. The third-order valence-electron chi connectivity index (χ3n) is 2.83. The molecule has 0 radical (unpaired) electrons. The summed E-state index contributed by atoms with van der Waals surface area (Å²) >= 11 is 0. The van der Waals surface area contributed by atoms with Crippen molar-refractivity contribution in [3.8, 4) is 0 Å². The van der Waals surface area contributed by atoms with Crippen LogP contribution in [0, 0.1) is 0 Å². The molecule has 94 valence electrons. The van der Waals surface area contributed by atoms with Gasteiger partial charge in [0.25, 0.3) is 0 Å². The molecule has 0 unspecified atom stereocenters. The fourth-order valence-electron chi connectivity index (χ4n) is 1.98. The quantitative estimate of drug-likeness (QED) is 0.549. The fourth-order valence-corrected chi connectivity index (χ4v) is 1.98. The number of likely N-dealkylation sites (tertiary alicyclic amines) is 1. The lowest BCUT2D eigenvalue weighted by Gasteiger charge is -2.29. The Bertz CT molecular complexity index is 234. The van der Waals surface area contributed by atoms with Crippen molar-refractivity contribution in [2.45, 2.75) is 52.1 Å². The molecule has 0 aliphatic carbocycles. The average Bonchev–Trinajstić information content (AvgIpc) is 2.16. The van der Waals surface area contributed by atoms with Gasteiger partial charge in [0.05, 0.1) is 6.04 Å². The Morgan fingerprint density at radius 3 is 2.38 bits per heavy atom. The molecule has 1 heterocycles. The zero-order valence-corrected chi connectivity index (χ0v) is 11.1. The van der Waals surface area contributed by atoms with E-state index < -0.39 is 0 Å². The Hall–Kier alpha value is -0.770. The number of nitrogens with two attached hydrogens (primary N) is 1. The molecule has 1 fully saturated rings. The molecule has 1 aliphatic heterocycles. The minimum Gasteiger partial charge on any atom is -0.370 e. The monoisotopic (exact) mass is 226 g/mol. The first kappa shape index (κ1) is 13.3. The van der Waals surface area contributed by atoms with E-state index >= 15 is 0 Å². The van der Waals surface area contributed by atoms with Crippen LogP contribution in [0.4, 0.5) is 0 Å². The van der Waals surface area contributed by atoms with Gasteiger partial charge in [-0.1, -0.05) is 6.92 Å². The van der Waals surface area contributed by atoms with E-state index in [1.807, 2.05) is 0 Å². The van der Waals surface area contributed by atoms with E-state index in [9.17, 15) is 0 Å². The molecule has 0 saturated carbocycles. The summed E-state index contributed by atoms with van der Waals surface area (Å²) in [5, 5.41) is 3.21. The normalized spacial score (nSPS) is 21.1. The minimum atomic E-state index is -0.00228. The molecule has 4 heteroatoms. The Kier molecular flexibility index (Phi) is 4.59. The van der Waals surface area contributed by atoms with Crippen molar-refractivity contribution in [2.75, 3.05) is 19.6 Å². The molecule has 1 saturated heterocycles. The van der Waals surface area contributed by atoms with Gasteiger partial charge >= 0.3 is 0 Å². The fraction of sp³-hybridized carbons (Fsp3) is 0.917. The number of guanidine groups is 1. The van der Waals surface area contributed by atoms with Gasteiger partial charge in [-0.15, -0.1) is 0 Å². The highest BCUT2D eigenvalue weighted by Crippen LogP contribution is 2.13. The lowest BCUT2D eigenvalue weighted by molar-refractivity contribution is 0.224. The van der Waals surface area contributed by atoms with Crippen molar-refractivity contribution < 1.29 is 0 Å². The lowest BCUT2D eigenvalue weighted by atomic mass is 10.1. The molecule has 4 nitrogen and oxygen atoms in total. The molecule has 0 atom stereocenters. The maximum Gasteiger partial charge on any atom is 0.189 e. The summed E-state index contributed by atoms with van der Waals surface area (Å²) in [6.45, 7) is 11.9. The second kappa shape index (κ2) is 5.53. The van der Waals surface area contributed by atoms with E-state index in [-0.39, 0.29) is 5.54 Å². The van der Waals surface area contributed by atoms with Crippen LogP contribution in [-0.4, -0.2) is 42.1 Å². The van der Waals surface area contributed by atoms with Gasteiger partial charge < -0.3 is 16.0 Å². The minimum absolute atomic E-state index is 0.00228. The van der Waals surface area contributed by atoms with Crippen LogP contribution in [0.3, 0.4) is 0 Å². The van der Waals surface area contributed by atoms with Crippen molar-refractivity contribution in [1.82, 2.24) is 10.2 Å². The topological polar surface area (TPSA) is 53.6 Å². The number of hydrogen-bond acceptors (Lipinski definition) is 2. The Balaban J connectivity index is 2.39. The van der Waals surface area contributed by atoms with Crippen LogP contribution < -0.4 is 11.1 Å². The zero-order valence-electron chi connectivity index (χ0n) is 11.1. The summed E-state index contributed by atoms with van der Waals surface area (Å²) in [5.41, 5.74) is 5.88. The van der Waals surface area contributed by atoms with Crippen LogP contribution >= 0.6 is 0 Å². The average molecular weight is 226 g/mol. The molecule has 0 bridgehead atoms. The zero-order chi connectivity index (χ0) is 12.2. The van der Waals surface area contributed by atoms with Crippen molar-refractivity contribution in [3.05, 3.63) is 0 Å². The summed E-state index contributed by atoms with van der Waals surface area (Å²) < 4.78 is 0. The predicted octanol–water partition coefficient (Wildman–Crippen LogP) is 1.17. The van der Waals surface area contributed by atoms with Crippen molar-refractivity contribution in [1.29, 1.82) is 0 Å². The number of nitrogens with one attached hydrogen (secondary N) is 1. The summed E-state index contributed by atoms with van der Waals surface area (Å²) in [6.07, 6.45) is 2.25. The van der Waals surface area contributed by atoms with Crippen LogP contribution in [0.2, 0.25) is 0 Å². The number of piperidine rings is 1. The van der Waals surface area contributed by atoms with Gasteiger partial charge in [-0.2, -0.15) is 0 Å². The van der Waals surface area contributed by atoms with Crippen molar-refractivity contribution >= 4 is 5.96 Å². The van der Waals surface area contributed by atoms with E-state index in [1.54, 1.807) is 0 Å². The maximum atomic E-state index is 5.88. The molecular weight excluding hydrogens is 200 g/mol. The second-order valence-corrected chi connectivity index (χ2v) is 5.55. The molecule has 0 aromatic heterocycles. The predicted molar refractivity (Wildman–Crippen MR) is 69.6 cm³/mol. The van der Waals surface area contributed by atoms with E-state index in [2.05, 4.69) is 42.9 Å². The van der Waals surface area contributed by atoms with Crippen LogP contribution in [-0.2, 0) is 0 Å². The highest BCUT2D eigenvalue weighted by molar-refractivity contribution is 5.78. The Morgan fingerprint density at radius 1 is 1.38 bits per heavy atom. The van der Waals surface area contributed by atoms with Crippen LogP contribution in [0.25, 0.3) is 0 Å². The van der Waals surface area contributed by atoms with Crippen LogP contribution in [0.1, 0.15) is 40.5 Å². The molecule has 0 aromatic carbocycles. The van der Waals surface area contributed by atoms with E-state index in [0.717, 1.165) is 32.5 Å². The van der Waals surface area contributed by atoms with E-state index in [0.29, 0.717) is 12.0 Å². The Labute approximate surface area is 99.3 Å². The largest absolute Gasteiger partial charge is 0.370 e. The van der Waals surface area contributed by atoms with Gasteiger partial charge in [-0.25, -0.2) is 0 Å². The number of rotatable bonds is 2. The highest BCUT2D eigenvalue weighted by atomic mass is 15.2. The Morgan fingerprint density at radius 2 is 1.94 bits per heavy atom. The summed E-state index contributed by atoms with van der Waals surface area (Å²) in [7, 11) is 0. The second-order valence-electron chi connectivity index (χ2n) is 5.55. The number of nitrogens with zero attached hydrogens (tertiary/aromatic N) is 2. The van der Waals surface area contributed by atoms with Crippen LogP contribution in [0.15, 0.2) is 4.99 Å². The van der Waals surface area contributed by atoms with Crippen LogP contribution in [0.5, 0.6) is 0 Å². The van der Waals surface area contributed by atoms with E-state index in [4.69, 9.17) is 5.73 Å². The third-order valence-corrected chi connectivity index (χ3v) is 2.83. The maximum absolute atomic E-state index is 5.88. The van der Waals surface area contributed by atoms with Crippen molar-refractivity contribution in [2.24, 2.45) is 10.7 Å². The summed E-state index contributed by atoms with van der Waals surface area (Å²) in [6, 6.07) is 0.401. The van der Waals surface area contributed by atoms with Crippen molar-refractivity contribution in [3.63, 3.8) is 0 Å². The SMILES string of the molecule is CCN1CCC(N=C(N)NC(C)(C)C)CC1. The molecule has 1 rings (SSSR count). The number of hydrogen-bond donors (Lipinski definition) is 2. The first-order chi connectivity index (χ1) is 7.40. The van der Waals surface area contributed by atoms with Gasteiger partial charge in [-0.3, -0.25) is 4.99 Å². The molecule has 0 spiro atoms. The summed E-state index contributed by atoms with van der Waals surface area (Å²) in [4.78, 5) is 7.00. The molecule has 1 aliphatic rings. The van der Waals surface area contributed by atoms with E-state index in [1.165, 1.54) is 0 Å². The smallest absolute Gasteiger partial charge is 0.189 e. The summed E-state index contributed by atoms with van der Waals surface area (Å²) in [5.74, 6) is 0.586. The molecule has 0 aromatic rings. The number of aliphatic imine (C=N–C) groups is 1. The third kappa shape index (κ3) is 4.84. The van der Waals surface area contributed by atoms with Gasteiger partial charge in [-0.05, 0) is 40.2 Å². The first-order valence-electron chi connectivity index (χ1n) is 6.24. The first-order valence-corrected chi connectivity index (χ1v) is 6.24. The van der Waals surface area contributed by atoms with Gasteiger partial charge in [0.2, 0.25) is 0 Å². The van der Waals surface area contributed by atoms with Gasteiger partial charge in [0.15, 0.2) is 5.96 Å². The van der Waals surface area contributed by atoms with Gasteiger partial charge in [0.1, 0.15) is 0 Å². The highest BCUT2D eigenvalue weighted by Gasteiger charge is 2.18. The molecule has 16 heavy (non-hydrogen) atoms. The lowest BCUT2D eigenvalue weighted by Crippen LogP contribution is -2.46. The molecule has 0 amide bonds. The molecule has 3 N–H and O–H groups in total.